The predicted molar refractivity (Wildman–Crippen MR) is 120 cm³/mol. The molecule has 3 rings (SSSR count). The molecule has 1 aromatic carbocycles. The number of thioether (sulfide) groups is 1. The van der Waals surface area contributed by atoms with Crippen molar-refractivity contribution in [2.75, 3.05) is 25.4 Å². The number of piperidine rings is 1. The van der Waals surface area contributed by atoms with Crippen LogP contribution < -0.4 is 5.32 Å². The fraction of sp³-hybridized carbons (Fsp3) is 0.652. The highest BCUT2D eigenvalue weighted by atomic mass is 32.2. The van der Waals surface area contributed by atoms with E-state index in [0.29, 0.717) is 23.9 Å². The molecule has 5 nitrogen and oxygen atoms in total. The predicted octanol–water partition coefficient (Wildman–Crippen LogP) is 3.75. The molecule has 29 heavy (non-hydrogen) atoms. The fourth-order valence-electron chi connectivity index (χ4n) is 4.34. The van der Waals surface area contributed by atoms with Crippen LogP contribution in [0.5, 0.6) is 0 Å². The monoisotopic (exact) mass is 417 g/mol. The lowest BCUT2D eigenvalue weighted by atomic mass is 10.0. The molecule has 2 aliphatic heterocycles. The molecule has 1 aromatic rings. The van der Waals surface area contributed by atoms with Gasteiger partial charge in [0, 0.05) is 30.4 Å². The molecule has 2 heterocycles. The second-order valence-electron chi connectivity index (χ2n) is 8.20. The Labute approximate surface area is 179 Å². The minimum absolute atomic E-state index is 0.00734. The summed E-state index contributed by atoms with van der Waals surface area (Å²) in [6.45, 7) is 7.31. The summed E-state index contributed by atoms with van der Waals surface area (Å²) in [6.07, 6.45) is 6.77. The molecular formula is C23H35N3O2S. The molecule has 2 aliphatic rings. The summed E-state index contributed by atoms with van der Waals surface area (Å²) >= 11 is 1.73. The molecule has 0 aromatic heterocycles. The Balaban J connectivity index is 1.55. The molecule has 2 saturated heterocycles. The summed E-state index contributed by atoms with van der Waals surface area (Å²) in [7, 11) is 0. The average Bonchev–Trinajstić information content (AvgIpc) is 3.16. The van der Waals surface area contributed by atoms with Crippen LogP contribution in [0.1, 0.15) is 62.7 Å². The number of carbonyl (C=O) groups is 2. The van der Waals surface area contributed by atoms with E-state index >= 15 is 0 Å². The molecule has 6 heteroatoms. The first-order chi connectivity index (χ1) is 14.1. The van der Waals surface area contributed by atoms with Gasteiger partial charge >= 0.3 is 0 Å². The van der Waals surface area contributed by atoms with Crippen LogP contribution in [0.3, 0.4) is 0 Å². The highest BCUT2D eigenvalue weighted by Gasteiger charge is 2.41. The standard InChI is InChI=1S/C23H35N3O2S/c1-3-10-21-26(23(28)19-12-5-4-6-13-19)20(17-29-21)22(27)24-14-9-16-25-15-8-7-11-18(25)2/h4-6,12-13,18,20-21H,3,7-11,14-17H2,1-2H3,(H,24,27). The number of benzene rings is 1. The lowest BCUT2D eigenvalue weighted by Crippen LogP contribution is -2.50. The maximum absolute atomic E-state index is 13.1. The first-order valence-corrected chi connectivity index (χ1v) is 12.2. The normalized spacial score (nSPS) is 25.2. The van der Waals surface area contributed by atoms with Crippen molar-refractivity contribution < 1.29 is 9.59 Å². The zero-order valence-electron chi connectivity index (χ0n) is 17.8. The molecule has 0 saturated carbocycles. The number of hydrogen-bond acceptors (Lipinski definition) is 4. The number of rotatable bonds is 8. The Kier molecular flexibility index (Phi) is 8.42. The highest BCUT2D eigenvalue weighted by Crippen LogP contribution is 2.33. The van der Waals surface area contributed by atoms with E-state index in [2.05, 4.69) is 24.1 Å². The van der Waals surface area contributed by atoms with Gasteiger partial charge in [-0.15, -0.1) is 11.8 Å². The van der Waals surface area contributed by atoms with Crippen molar-refractivity contribution in [3.63, 3.8) is 0 Å². The maximum Gasteiger partial charge on any atom is 0.255 e. The average molecular weight is 418 g/mol. The maximum atomic E-state index is 13.1. The third kappa shape index (κ3) is 5.76. The number of nitrogens with one attached hydrogen (secondary N) is 1. The Bertz CT molecular complexity index is 669. The second-order valence-corrected chi connectivity index (χ2v) is 9.41. The number of carbonyl (C=O) groups excluding carboxylic acids is 2. The molecule has 3 atom stereocenters. The van der Waals surface area contributed by atoms with Crippen LogP contribution in [-0.4, -0.2) is 64.5 Å². The van der Waals surface area contributed by atoms with Crippen molar-refractivity contribution in [1.82, 2.24) is 15.1 Å². The van der Waals surface area contributed by atoms with E-state index in [0.717, 1.165) is 25.8 Å². The fourth-order valence-corrected chi connectivity index (χ4v) is 5.86. The van der Waals surface area contributed by atoms with Crippen molar-refractivity contribution in [1.29, 1.82) is 0 Å². The number of hydrogen-bond donors (Lipinski definition) is 1. The molecule has 3 unspecified atom stereocenters. The van der Waals surface area contributed by atoms with Crippen LogP contribution in [0.25, 0.3) is 0 Å². The van der Waals surface area contributed by atoms with Gasteiger partial charge in [0.1, 0.15) is 6.04 Å². The minimum Gasteiger partial charge on any atom is -0.354 e. The third-order valence-electron chi connectivity index (χ3n) is 6.05. The van der Waals surface area contributed by atoms with Crippen molar-refractivity contribution in [2.45, 2.75) is 69.8 Å². The number of amides is 2. The number of nitrogens with zero attached hydrogens (tertiary/aromatic N) is 2. The van der Waals surface area contributed by atoms with E-state index in [-0.39, 0.29) is 23.2 Å². The molecule has 0 radical (unpaired) electrons. The van der Waals surface area contributed by atoms with E-state index < -0.39 is 0 Å². The van der Waals surface area contributed by atoms with Gasteiger partial charge in [0.2, 0.25) is 5.91 Å². The van der Waals surface area contributed by atoms with Crippen molar-refractivity contribution in [3.8, 4) is 0 Å². The van der Waals surface area contributed by atoms with Gasteiger partial charge in [0.15, 0.2) is 0 Å². The molecule has 0 aliphatic carbocycles. The summed E-state index contributed by atoms with van der Waals surface area (Å²) < 4.78 is 0. The zero-order valence-corrected chi connectivity index (χ0v) is 18.6. The lowest BCUT2D eigenvalue weighted by molar-refractivity contribution is -0.124. The molecule has 0 spiro atoms. The first-order valence-electron chi connectivity index (χ1n) is 11.1. The van der Waals surface area contributed by atoms with Gasteiger partial charge in [-0.25, -0.2) is 0 Å². The van der Waals surface area contributed by atoms with Gasteiger partial charge in [-0.2, -0.15) is 0 Å². The van der Waals surface area contributed by atoms with Crippen molar-refractivity contribution in [3.05, 3.63) is 35.9 Å². The summed E-state index contributed by atoms with van der Waals surface area (Å²) in [5, 5.41) is 3.19. The van der Waals surface area contributed by atoms with E-state index in [1.165, 1.54) is 25.8 Å². The van der Waals surface area contributed by atoms with E-state index in [9.17, 15) is 9.59 Å². The number of likely N-dealkylation sites (tertiary alicyclic amines) is 1. The molecule has 160 valence electrons. The Hall–Kier alpha value is -1.53. The summed E-state index contributed by atoms with van der Waals surface area (Å²) in [5.41, 5.74) is 0.660. The minimum atomic E-state index is -0.377. The molecule has 0 bridgehead atoms. The highest BCUT2D eigenvalue weighted by molar-refractivity contribution is 8.00. The van der Waals surface area contributed by atoms with Gasteiger partial charge in [0.25, 0.3) is 5.91 Å². The van der Waals surface area contributed by atoms with Crippen LogP contribution in [0.2, 0.25) is 0 Å². The Morgan fingerprint density at radius 2 is 2.00 bits per heavy atom. The van der Waals surface area contributed by atoms with Crippen molar-refractivity contribution in [2.24, 2.45) is 0 Å². The third-order valence-corrected chi connectivity index (χ3v) is 7.40. The van der Waals surface area contributed by atoms with Crippen LogP contribution >= 0.6 is 11.8 Å². The molecule has 1 N–H and O–H groups in total. The van der Waals surface area contributed by atoms with Gasteiger partial charge in [-0.3, -0.25) is 9.59 Å². The first kappa shape index (κ1) is 22.2. The van der Waals surface area contributed by atoms with Crippen LogP contribution in [0.4, 0.5) is 0 Å². The van der Waals surface area contributed by atoms with Gasteiger partial charge in [-0.05, 0) is 51.3 Å². The largest absolute Gasteiger partial charge is 0.354 e. The van der Waals surface area contributed by atoms with E-state index in [1.807, 2.05) is 35.2 Å². The zero-order chi connectivity index (χ0) is 20.6. The van der Waals surface area contributed by atoms with Crippen LogP contribution in [0.15, 0.2) is 30.3 Å². The Morgan fingerprint density at radius 3 is 2.72 bits per heavy atom. The summed E-state index contributed by atoms with van der Waals surface area (Å²) in [5.74, 6) is 0.640. The SMILES string of the molecule is CCCC1SCC(C(=O)NCCCN2CCCCC2C)N1C(=O)c1ccccc1. The molecular weight excluding hydrogens is 382 g/mol. The summed E-state index contributed by atoms with van der Waals surface area (Å²) in [4.78, 5) is 30.4. The second kappa shape index (κ2) is 11.0. The quantitative estimate of drug-likeness (QED) is 0.655. The van der Waals surface area contributed by atoms with Crippen LogP contribution in [-0.2, 0) is 4.79 Å². The van der Waals surface area contributed by atoms with Crippen molar-refractivity contribution >= 4 is 23.6 Å². The molecule has 2 fully saturated rings. The van der Waals surface area contributed by atoms with Gasteiger partial charge in [0.05, 0.1) is 5.37 Å². The topological polar surface area (TPSA) is 52.7 Å². The summed E-state index contributed by atoms with van der Waals surface area (Å²) in [6, 6.07) is 9.61. The molecule has 2 amide bonds. The van der Waals surface area contributed by atoms with Gasteiger partial charge in [-0.1, -0.05) is 38.0 Å². The smallest absolute Gasteiger partial charge is 0.255 e. The Morgan fingerprint density at radius 1 is 1.21 bits per heavy atom. The van der Waals surface area contributed by atoms with E-state index in [4.69, 9.17) is 0 Å². The lowest BCUT2D eigenvalue weighted by Gasteiger charge is -2.33. The van der Waals surface area contributed by atoms with Gasteiger partial charge < -0.3 is 15.1 Å². The van der Waals surface area contributed by atoms with E-state index in [1.54, 1.807) is 11.8 Å². The van der Waals surface area contributed by atoms with Crippen LogP contribution in [0, 0.1) is 0 Å².